The molecule has 2 atom stereocenters. The number of nitrogens with one attached hydrogen (secondary N) is 3. The molecule has 0 aromatic rings. The van der Waals surface area contributed by atoms with Gasteiger partial charge in [-0.1, -0.05) is 0 Å². The van der Waals surface area contributed by atoms with Gasteiger partial charge < -0.3 is 15.2 Å². The van der Waals surface area contributed by atoms with E-state index in [1.54, 1.807) is 20.8 Å². The van der Waals surface area contributed by atoms with Crippen LogP contribution in [0, 0.1) is 0 Å². The molecule has 0 aliphatic rings. The maximum absolute atomic E-state index is 11.4. The minimum Gasteiger partial charge on any atom is -0.442 e. The number of carbonyl (C=O) groups excluding carboxylic acids is 2. The summed E-state index contributed by atoms with van der Waals surface area (Å²) in [5.41, 5.74) is 1.43. The molecule has 0 bridgehead atoms. The van der Waals surface area contributed by atoms with Gasteiger partial charge in [0.05, 0.1) is 6.10 Å². The van der Waals surface area contributed by atoms with Crippen LogP contribution in [-0.2, 0) is 14.4 Å². The lowest BCUT2D eigenvalue weighted by molar-refractivity contribution is -0.126. The number of aliphatic hydroxyl groups excluding tert-OH is 1. The first kappa shape index (κ1) is 17.6. The van der Waals surface area contributed by atoms with Crippen LogP contribution < -0.4 is 16.1 Å². The molecule has 4 N–H and O–H groups in total. The normalized spacial score (nSPS) is 14.4. The lowest BCUT2D eigenvalue weighted by Crippen LogP contribution is -2.50. The molecule has 8 nitrogen and oxygen atoms in total. The second-order valence-corrected chi connectivity index (χ2v) is 4.93. The Labute approximate surface area is 112 Å². The van der Waals surface area contributed by atoms with E-state index in [1.165, 1.54) is 14.0 Å². The summed E-state index contributed by atoms with van der Waals surface area (Å²) in [5.74, 6) is -0.379. The summed E-state index contributed by atoms with van der Waals surface area (Å²) in [6, 6.07) is -0.828. The molecule has 0 aromatic carbocycles. The fraction of sp³-hybridized carbons (Fsp3) is 0.818. The molecule has 0 heterocycles. The maximum atomic E-state index is 11.4. The molecule has 2 amide bonds. The molecule has 0 saturated carbocycles. The van der Waals surface area contributed by atoms with Crippen molar-refractivity contribution in [2.45, 2.75) is 45.4 Å². The number of aliphatic hydroxyl groups is 1. The summed E-state index contributed by atoms with van der Waals surface area (Å²) in [6.07, 6.45) is -1.63. The number of rotatable bonds is 6. The summed E-state index contributed by atoms with van der Waals surface area (Å²) in [7, 11) is 1.46. The Balaban J connectivity index is 3.95. The fourth-order valence-electron chi connectivity index (χ4n) is 1.16. The van der Waals surface area contributed by atoms with Gasteiger partial charge in [-0.2, -0.15) is 5.48 Å². The van der Waals surface area contributed by atoms with E-state index in [4.69, 9.17) is 9.57 Å². The van der Waals surface area contributed by atoms with Crippen molar-refractivity contribution >= 4 is 12.0 Å². The lowest BCUT2D eigenvalue weighted by atomic mass is 10.2. The Bertz CT molecular complexity index is 301. The Morgan fingerprint density at radius 2 is 1.89 bits per heavy atom. The van der Waals surface area contributed by atoms with E-state index < -0.39 is 23.8 Å². The molecule has 0 aromatic heterocycles. The summed E-state index contributed by atoms with van der Waals surface area (Å²) >= 11 is 0. The van der Waals surface area contributed by atoms with Crippen LogP contribution in [-0.4, -0.2) is 48.6 Å². The molecule has 0 aliphatic carbocycles. The third-order valence-electron chi connectivity index (χ3n) is 1.94. The van der Waals surface area contributed by atoms with Gasteiger partial charge >= 0.3 is 6.09 Å². The molecule has 19 heavy (non-hydrogen) atoms. The zero-order chi connectivity index (χ0) is 15.1. The average Bonchev–Trinajstić information content (AvgIpc) is 2.25. The molecule has 0 aliphatic heterocycles. The van der Waals surface area contributed by atoms with Crippen LogP contribution in [0.15, 0.2) is 0 Å². The molecule has 0 radical (unpaired) electrons. The van der Waals surface area contributed by atoms with Gasteiger partial charge in [0.25, 0.3) is 0 Å². The first-order chi connectivity index (χ1) is 8.67. The van der Waals surface area contributed by atoms with Crippen molar-refractivity contribution in [2.24, 2.45) is 0 Å². The average molecular weight is 277 g/mol. The van der Waals surface area contributed by atoms with Crippen molar-refractivity contribution in [3.63, 3.8) is 0 Å². The number of hydroxylamine groups is 1. The lowest BCUT2D eigenvalue weighted by Gasteiger charge is -2.21. The summed E-state index contributed by atoms with van der Waals surface area (Å²) in [5, 5.41) is 14.4. The predicted molar refractivity (Wildman–Crippen MR) is 68.0 cm³/mol. The molecule has 0 spiro atoms. The van der Waals surface area contributed by atoms with Crippen molar-refractivity contribution in [1.82, 2.24) is 16.1 Å². The van der Waals surface area contributed by atoms with E-state index in [1.807, 2.05) is 0 Å². The summed E-state index contributed by atoms with van der Waals surface area (Å²) in [6.45, 7) is 6.48. The van der Waals surface area contributed by atoms with Gasteiger partial charge in [-0.25, -0.2) is 4.79 Å². The minimum atomic E-state index is -0.898. The first-order valence-corrected chi connectivity index (χ1v) is 5.91. The fourth-order valence-corrected chi connectivity index (χ4v) is 1.16. The second-order valence-electron chi connectivity index (χ2n) is 4.93. The van der Waals surface area contributed by atoms with E-state index >= 15 is 0 Å². The molecular formula is C11H23N3O5. The van der Waals surface area contributed by atoms with Gasteiger partial charge in [0.15, 0.2) is 0 Å². The SMILES string of the molecule is CNC(=O)[C@@H](NCONC(=O)OC(C)(C)C)[C@@H](C)O. The third-order valence-corrected chi connectivity index (χ3v) is 1.94. The number of amides is 2. The number of hydrogen-bond donors (Lipinski definition) is 4. The van der Waals surface area contributed by atoms with E-state index in [0.29, 0.717) is 0 Å². The summed E-state index contributed by atoms with van der Waals surface area (Å²) < 4.78 is 4.93. The Morgan fingerprint density at radius 3 is 2.32 bits per heavy atom. The maximum Gasteiger partial charge on any atom is 0.431 e. The summed E-state index contributed by atoms with van der Waals surface area (Å²) in [4.78, 5) is 27.4. The van der Waals surface area contributed by atoms with Crippen molar-refractivity contribution in [3.05, 3.63) is 0 Å². The predicted octanol–water partition coefficient (Wildman–Crippen LogP) is -0.515. The topological polar surface area (TPSA) is 109 Å². The highest BCUT2D eigenvalue weighted by atomic mass is 16.7. The molecular weight excluding hydrogens is 254 g/mol. The Kier molecular flexibility index (Phi) is 7.35. The monoisotopic (exact) mass is 277 g/mol. The number of ether oxygens (including phenoxy) is 1. The van der Waals surface area contributed by atoms with Crippen LogP contribution in [0.3, 0.4) is 0 Å². The number of carbonyl (C=O) groups is 2. The molecule has 0 unspecified atom stereocenters. The van der Waals surface area contributed by atoms with Crippen molar-refractivity contribution < 1.29 is 24.3 Å². The van der Waals surface area contributed by atoms with Gasteiger partial charge in [0.2, 0.25) is 5.91 Å². The van der Waals surface area contributed by atoms with Crippen LogP contribution in [0.2, 0.25) is 0 Å². The molecule has 112 valence electrons. The van der Waals surface area contributed by atoms with Gasteiger partial charge in [0, 0.05) is 7.05 Å². The largest absolute Gasteiger partial charge is 0.442 e. The van der Waals surface area contributed by atoms with Gasteiger partial charge in [-0.3, -0.25) is 14.9 Å². The van der Waals surface area contributed by atoms with E-state index in [2.05, 4.69) is 16.1 Å². The van der Waals surface area contributed by atoms with Gasteiger partial charge in [0.1, 0.15) is 18.4 Å². The van der Waals surface area contributed by atoms with Crippen molar-refractivity contribution in [3.8, 4) is 0 Å². The van der Waals surface area contributed by atoms with Crippen LogP contribution in [0.1, 0.15) is 27.7 Å². The van der Waals surface area contributed by atoms with Gasteiger partial charge in [-0.15, -0.1) is 0 Å². The standard InChI is InChI=1S/C11H23N3O5/c1-7(15)8(9(16)12-5)13-6-18-14-10(17)19-11(2,3)4/h7-8,13,15H,6H2,1-5H3,(H,12,16)(H,14,17)/t7-,8+/m1/s1. The molecule has 8 heteroatoms. The smallest absolute Gasteiger partial charge is 0.431 e. The molecule has 0 saturated heterocycles. The zero-order valence-corrected chi connectivity index (χ0v) is 11.9. The Hall–Kier alpha value is -1.38. The molecule has 0 rings (SSSR count). The van der Waals surface area contributed by atoms with E-state index in [-0.39, 0.29) is 12.6 Å². The zero-order valence-electron chi connectivity index (χ0n) is 11.9. The number of likely N-dealkylation sites (N-methyl/N-ethyl adjacent to an activating group) is 1. The van der Waals surface area contributed by atoms with Crippen LogP contribution in [0.5, 0.6) is 0 Å². The minimum absolute atomic E-state index is 0.151. The van der Waals surface area contributed by atoms with Crippen LogP contribution >= 0.6 is 0 Å². The quantitative estimate of drug-likeness (QED) is 0.296. The second kappa shape index (κ2) is 7.93. The van der Waals surface area contributed by atoms with Crippen LogP contribution in [0.25, 0.3) is 0 Å². The first-order valence-electron chi connectivity index (χ1n) is 5.91. The highest BCUT2D eigenvalue weighted by molar-refractivity contribution is 5.82. The Morgan fingerprint density at radius 1 is 1.32 bits per heavy atom. The van der Waals surface area contributed by atoms with E-state index in [0.717, 1.165) is 0 Å². The van der Waals surface area contributed by atoms with Crippen molar-refractivity contribution in [1.29, 1.82) is 0 Å². The highest BCUT2D eigenvalue weighted by Gasteiger charge is 2.22. The third kappa shape index (κ3) is 8.36. The molecule has 0 fully saturated rings. The van der Waals surface area contributed by atoms with Crippen LogP contribution in [0.4, 0.5) is 4.79 Å². The highest BCUT2D eigenvalue weighted by Crippen LogP contribution is 2.06. The van der Waals surface area contributed by atoms with Gasteiger partial charge in [-0.05, 0) is 27.7 Å². The number of hydrogen-bond acceptors (Lipinski definition) is 6. The van der Waals surface area contributed by atoms with Crippen molar-refractivity contribution in [2.75, 3.05) is 13.8 Å². The van der Waals surface area contributed by atoms with E-state index in [9.17, 15) is 14.7 Å².